The molecule has 2 atom stereocenters. The number of fused-ring (bicyclic) bond motifs is 10. The third-order valence-electron chi connectivity index (χ3n) is 16.1. The Kier molecular flexibility index (Phi) is 9.43. The molecule has 16 rings (SSSR count). The van der Waals surface area contributed by atoms with Crippen molar-refractivity contribution in [1.29, 1.82) is 0 Å². The molecule has 2 heterocycles. The smallest absolute Gasteiger partial charge is 0.159 e. The molecule has 1 aliphatic carbocycles. The summed E-state index contributed by atoms with van der Waals surface area (Å²) in [6.45, 7) is 0. The van der Waals surface area contributed by atoms with Crippen molar-refractivity contribution < 1.29 is 9.15 Å². The zero-order valence-electron chi connectivity index (χ0n) is 41.3. The fourth-order valence-corrected chi connectivity index (χ4v) is 12.8. The van der Waals surface area contributed by atoms with Gasteiger partial charge in [-0.2, -0.15) is 0 Å². The lowest BCUT2D eigenvalue weighted by atomic mass is 9.84. The van der Waals surface area contributed by atoms with Gasteiger partial charge >= 0.3 is 0 Å². The molecule has 4 heteroatoms. The van der Waals surface area contributed by atoms with Crippen LogP contribution in [0, 0.1) is 0 Å². The second-order valence-corrected chi connectivity index (χ2v) is 20.2. The highest BCUT2D eigenvalue weighted by Crippen LogP contribution is 2.55. The Balaban J connectivity index is 0.897. The first-order valence-electron chi connectivity index (χ1n) is 26.2. The van der Waals surface area contributed by atoms with Gasteiger partial charge in [-0.1, -0.05) is 206 Å². The second kappa shape index (κ2) is 16.8. The molecule has 13 aromatic carbocycles. The van der Waals surface area contributed by atoms with Gasteiger partial charge in [0.05, 0.1) is 22.8 Å². The van der Waals surface area contributed by atoms with E-state index in [4.69, 9.17) is 9.15 Å². The van der Waals surface area contributed by atoms with E-state index in [1.165, 1.54) is 54.0 Å². The highest BCUT2D eigenvalue weighted by atomic mass is 16.5. The Morgan fingerprint density at radius 2 is 0.882 bits per heavy atom. The quantitative estimate of drug-likeness (QED) is 0.142. The first-order chi connectivity index (χ1) is 37.7. The monoisotopic (exact) mass is 970 g/mol. The molecule has 14 aromatic rings. The minimum atomic E-state index is -0.277. The van der Waals surface area contributed by atoms with E-state index in [-0.39, 0.29) is 12.0 Å². The van der Waals surface area contributed by atoms with Gasteiger partial charge in [0, 0.05) is 55.5 Å². The van der Waals surface area contributed by atoms with Crippen molar-refractivity contribution in [3.05, 3.63) is 278 Å². The van der Waals surface area contributed by atoms with Gasteiger partial charge in [-0.3, -0.25) is 0 Å². The molecule has 4 nitrogen and oxygen atoms in total. The van der Waals surface area contributed by atoms with E-state index in [9.17, 15) is 0 Å². The lowest BCUT2D eigenvalue weighted by molar-refractivity contribution is 0.254. The maximum absolute atomic E-state index is 7.42. The van der Waals surface area contributed by atoms with E-state index in [0.29, 0.717) is 0 Å². The first kappa shape index (κ1) is 42.6. The molecular formula is C72H46N2O2. The van der Waals surface area contributed by atoms with E-state index >= 15 is 0 Å². The molecule has 0 saturated heterocycles. The Labute approximate surface area is 439 Å². The van der Waals surface area contributed by atoms with Crippen LogP contribution in [0.15, 0.2) is 277 Å². The summed E-state index contributed by atoms with van der Waals surface area (Å²) in [6, 6.07) is 90.0. The van der Waals surface area contributed by atoms with Gasteiger partial charge in [0.25, 0.3) is 0 Å². The van der Waals surface area contributed by atoms with Gasteiger partial charge in [0.1, 0.15) is 17.4 Å². The summed E-state index contributed by atoms with van der Waals surface area (Å²) in [6.07, 6.45) is 6.57. The average Bonchev–Trinajstić information content (AvgIpc) is 4.20. The van der Waals surface area contributed by atoms with Crippen LogP contribution >= 0.6 is 0 Å². The lowest BCUT2D eigenvalue weighted by Crippen LogP contribution is -2.32. The van der Waals surface area contributed by atoms with Crippen LogP contribution in [0.25, 0.3) is 98.1 Å². The van der Waals surface area contributed by atoms with Gasteiger partial charge in [-0.05, 0) is 115 Å². The first-order valence-corrected chi connectivity index (χ1v) is 26.2. The topological polar surface area (TPSA) is 28.9 Å². The predicted molar refractivity (Wildman–Crippen MR) is 317 cm³/mol. The third-order valence-corrected chi connectivity index (χ3v) is 16.1. The van der Waals surface area contributed by atoms with Crippen molar-refractivity contribution in [2.45, 2.75) is 12.0 Å². The maximum Gasteiger partial charge on any atom is 0.159 e. The summed E-state index contributed by atoms with van der Waals surface area (Å²) >= 11 is 0. The Bertz CT molecular complexity index is 4680. The molecule has 0 N–H and O–H groups in total. The summed E-state index contributed by atoms with van der Waals surface area (Å²) in [4.78, 5) is 4.86. The highest BCUT2D eigenvalue weighted by Gasteiger charge is 2.42. The van der Waals surface area contributed by atoms with Crippen molar-refractivity contribution in [2.75, 3.05) is 9.80 Å². The van der Waals surface area contributed by atoms with Gasteiger partial charge in [0.2, 0.25) is 0 Å². The minimum absolute atomic E-state index is 0.000875. The lowest BCUT2D eigenvalue weighted by Gasteiger charge is -2.35. The number of rotatable bonds is 8. The zero-order valence-corrected chi connectivity index (χ0v) is 41.3. The molecule has 2 aliphatic rings. The number of nitrogens with zero attached hydrogens (tertiary/aromatic N) is 2. The molecule has 0 spiro atoms. The number of hydrogen-bond acceptors (Lipinski definition) is 4. The molecule has 0 radical (unpaired) electrons. The normalized spacial score (nSPS) is 15.0. The molecule has 356 valence electrons. The molecule has 2 unspecified atom stereocenters. The summed E-state index contributed by atoms with van der Waals surface area (Å²) in [5.41, 5.74) is 13.8. The van der Waals surface area contributed by atoms with Crippen molar-refractivity contribution in [1.82, 2.24) is 0 Å². The van der Waals surface area contributed by atoms with Crippen LogP contribution in [0.2, 0.25) is 0 Å². The fraction of sp³-hybridized carbons (Fsp3) is 0.0278. The van der Waals surface area contributed by atoms with Crippen molar-refractivity contribution in [3.8, 4) is 28.0 Å². The Hall–Kier alpha value is -9.90. The van der Waals surface area contributed by atoms with E-state index in [1.807, 2.05) is 0 Å². The molecule has 76 heavy (non-hydrogen) atoms. The average molecular weight is 971 g/mol. The van der Waals surface area contributed by atoms with Crippen LogP contribution in [0.4, 0.5) is 28.4 Å². The fourth-order valence-electron chi connectivity index (χ4n) is 12.8. The zero-order chi connectivity index (χ0) is 49.8. The van der Waals surface area contributed by atoms with Crippen molar-refractivity contribution >= 4 is 104 Å². The number of furan rings is 1. The molecule has 1 aliphatic heterocycles. The van der Waals surface area contributed by atoms with Gasteiger partial charge in [-0.25, -0.2) is 0 Å². The van der Waals surface area contributed by atoms with Crippen LogP contribution < -0.4 is 14.5 Å². The SMILES string of the molecule is C1=CC2c3c(c(-c4ccccc4)cc4ccccc34)OC2C(N(c2ccccc2)c2ccc3ccc4c(N(c5ccccc5)c5cccc6c5oc5c(-c7ccccc7)cc7ccccc7c56)ccc5ccc2c3c54)=C1. The van der Waals surface area contributed by atoms with Crippen LogP contribution in [0.1, 0.15) is 11.5 Å². The molecule has 0 bridgehead atoms. The highest BCUT2D eigenvalue weighted by molar-refractivity contribution is 6.29. The van der Waals surface area contributed by atoms with E-state index < -0.39 is 0 Å². The van der Waals surface area contributed by atoms with Crippen LogP contribution in [0.5, 0.6) is 5.75 Å². The number of ether oxygens (including phenoxy) is 1. The summed E-state index contributed by atoms with van der Waals surface area (Å²) < 4.78 is 14.7. The Morgan fingerprint density at radius 3 is 1.55 bits per heavy atom. The predicted octanol–water partition coefficient (Wildman–Crippen LogP) is 19.7. The number of anilines is 5. The minimum Gasteiger partial charge on any atom is -0.482 e. The second-order valence-electron chi connectivity index (χ2n) is 20.2. The van der Waals surface area contributed by atoms with Crippen molar-refractivity contribution in [3.63, 3.8) is 0 Å². The van der Waals surface area contributed by atoms with E-state index in [1.54, 1.807) is 0 Å². The van der Waals surface area contributed by atoms with Crippen LogP contribution in [0.3, 0.4) is 0 Å². The van der Waals surface area contributed by atoms with Gasteiger partial charge in [0.15, 0.2) is 5.58 Å². The maximum atomic E-state index is 7.42. The van der Waals surface area contributed by atoms with E-state index in [2.05, 4.69) is 277 Å². The van der Waals surface area contributed by atoms with Crippen LogP contribution in [-0.4, -0.2) is 6.10 Å². The molecular weight excluding hydrogens is 925 g/mol. The standard InChI is InChI=1S/C72H46N2O2/c1-5-19-45(20-6-1)59-43-49-23-13-15-29-53(49)67-57-31-17-33-63(69(57)75-71(59)67)73(51-25-9-3-10-26-51)61-41-37-47-36-40-56-62(42-38-48-35-39-55(61)65(47)66(48)56)74(52-27-11-4-12-28-52)64-34-18-32-58-68-54-30-16-14-24-50(54)44-60(72(68)76-70(58)64)46-21-7-2-8-22-46/h1-44,57,69H. The molecule has 0 saturated carbocycles. The Morgan fingerprint density at radius 1 is 0.355 bits per heavy atom. The van der Waals surface area contributed by atoms with E-state index in [0.717, 1.165) is 89.5 Å². The number of para-hydroxylation sites is 3. The summed E-state index contributed by atoms with van der Waals surface area (Å²) in [7, 11) is 0. The van der Waals surface area contributed by atoms with Gasteiger partial charge in [-0.15, -0.1) is 0 Å². The molecule has 1 aromatic heterocycles. The number of benzene rings is 13. The number of hydrogen-bond donors (Lipinski definition) is 0. The third kappa shape index (κ3) is 6.37. The summed E-state index contributed by atoms with van der Waals surface area (Å²) in [5, 5.41) is 14.1. The molecule has 0 amide bonds. The van der Waals surface area contributed by atoms with Crippen LogP contribution in [-0.2, 0) is 0 Å². The van der Waals surface area contributed by atoms with Gasteiger partial charge < -0.3 is 19.0 Å². The largest absolute Gasteiger partial charge is 0.482 e. The van der Waals surface area contributed by atoms with Crippen molar-refractivity contribution in [2.24, 2.45) is 0 Å². The number of allylic oxidation sites excluding steroid dienone is 2. The summed E-state index contributed by atoms with van der Waals surface area (Å²) in [5.74, 6) is 0.959. The molecule has 0 fully saturated rings.